The summed E-state index contributed by atoms with van der Waals surface area (Å²) in [6.45, 7) is 1.40. The SMILES string of the molecule is NCc1cc(OCCCCCCc2cccc(OCCCC(=O)O)c2CCC(=O)O)cc(-c2ccsc2)c1. The number of aryl methyl sites for hydroxylation is 1. The number of hydrogen-bond donors (Lipinski definition) is 3. The molecule has 0 unspecified atom stereocenters. The van der Waals surface area contributed by atoms with Gasteiger partial charge in [0.2, 0.25) is 0 Å². The Labute approximate surface area is 228 Å². The van der Waals surface area contributed by atoms with Crippen molar-refractivity contribution >= 4 is 23.3 Å². The van der Waals surface area contributed by atoms with Crippen LogP contribution >= 0.6 is 11.3 Å². The summed E-state index contributed by atoms with van der Waals surface area (Å²) in [7, 11) is 0. The largest absolute Gasteiger partial charge is 0.494 e. The Hall–Kier alpha value is -3.36. The second-order valence-electron chi connectivity index (χ2n) is 9.23. The molecule has 1 aromatic heterocycles. The molecule has 3 aromatic rings. The van der Waals surface area contributed by atoms with Crippen molar-refractivity contribution in [1.82, 2.24) is 0 Å². The highest BCUT2D eigenvalue weighted by Crippen LogP contribution is 2.29. The summed E-state index contributed by atoms with van der Waals surface area (Å²) < 4.78 is 11.9. The lowest BCUT2D eigenvalue weighted by Gasteiger charge is -2.15. The zero-order valence-electron chi connectivity index (χ0n) is 21.7. The Bertz CT molecular complexity index is 1160. The van der Waals surface area contributed by atoms with E-state index in [0.29, 0.717) is 38.3 Å². The smallest absolute Gasteiger partial charge is 0.303 e. The maximum Gasteiger partial charge on any atom is 0.303 e. The standard InChI is InChI=1S/C30H37NO6S/c31-20-22-17-25(24-13-16-38-21-24)19-26(18-22)36-14-4-2-1-3-7-23-8-5-9-28(27(23)11-12-30(34)35)37-15-6-10-29(32)33/h5,8-9,13,16-19,21H,1-4,6-7,10-12,14-15,20,31H2,(H,32,33)(H,34,35). The van der Waals surface area contributed by atoms with Crippen molar-refractivity contribution in [3.8, 4) is 22.6 Å². The fraction of sp³-hybridized carbons (Fsp3) is 0.400. The normalized spacial score (nSPS) is 10.9. The van der Waals surface area contributed by atoms with Crippen molar-refractivity contribution in [1.29, 1.82) is 0 Å². The van der Waals surface area contributed by atoms with E-state index in [9.17, 15) is 14.7 Å². The van der Waals surface area contributed by atoms with E-state index >= 15 is 0 Å². The third-order valence-electron chi connectivity index (χ3n) is 6.28. The molecule has 0 aliphatic carbocycles. The van der Waals surface area contributed by atoms with Gasteiger partial charge in [-0.25, -0.2) is 0 Å². The van der Waals surface area contributed by atoms with E-state index in [1.165, 1.54) is 5.56 Å². The first kappa shape index (κ1) is 29.2. The number of ether oxygens (including phenoxy) is 2. The fourth-order valence-corrected chi connectivity index (χ4v) is 4.99. The number of unbranched alkanes of at least 4 members (excludes halogenated alkanes) is 3. The third-order valence-corrected chi connectivity index (χ3v) is 6.96. The molecule has 204 valence electrons. The summed E-state index contributed by atoms with van der Waals surface area (Å²) in [6.07, 6.45) is 5.70. The molecule has 7 nitrogen and oxygen atoms in total. The number of rotatable bonds is 18. The van der Waals surface area contributed by atoms with E-state index in [1.807, 2.05) is 24.3 Å². The van der Waals surface area contributed by atoms with Crippen LogP contribution in [0.4, 0.5) is 0 Å². The summed E-state index contributed by atoms with van der Waals surface area (Å²) in [5.41, 5.74) is 11.2. The lowest BCUT2D eigenvalue weighted by atomic mass is 9.97. The molecule has 0 aliphatic rings. The molecule has 0 bridgehead atoms. The van der Waals surface area contributed by atoms with Crippen molar-refractivity contribution in [2.75, 3.05) is 13.2 Å². The van der Waals surface area contributed by atoms with Crippen molar-refractivity contribution in [3.63, 3.8) is 0 Å². The summed E-state index contributed by atoms with van der Waals surface area (Å²) in [5, 5.41) is 22.2. The van der Waals surface area contributed by atoms with Crippen LogP contribution in [0, 0.1) is 0 Å². The van der Waals surface area contributed by atoms with Gasteiger partial charge in [0.25, 0.3) is 0 Å². The van der Waals surface area contributed by atoms with Crippen LogP contribution in [0.2, 0.25) is 0 Å². The summed E-state index contributed by atoms with van der Waals surface area (Å²) in [4.78, 5) is 21.9. The highest BCUT2D eigenvalue weighted by atomic mass is 32.1. The van der Waals surface area contributed by atoms with Crippen molar-refractivity contribution in [2.45, 2.75) is 64.3 Å². The zero-order valence-corrected chi connectivity index (χ0v) is 22.5. The van der Waals surface area contributed by atoms with Crippen LogP contribution in [-0.4, -0.2) is 35.4 Å². The highest BCUT2D eigenvalue weighted by molar-refractivity contribution is 7.08. The molecule has 0 amide bonds. The number of hydrogen-bond acceptors (Lipinski definition) is 6. The quantitative estimate of drug-likeness (QED) is 0.162. The number of carboxylic acid groups (broad SMARTS) is 2. The number of nitrogens with two attached hydrogens (primary N) is 1. The first-order valence-corrected chi connectivity index (χ1v) is 14.1. The Morgan fingerprint density at radius 2 is 1.61 bits per heavy atom. The first-order chi connectivity index (χ1) is 18.5. The Morgan fingerprint density at radius 1 is 0.816 bits per heavy atom. The minimum absolute atomic E-state index is 0.0271. The molecule has 0 saturated heterocycles. The monoisotopic (exact) mass is 539 g/mol. The number of thiophene rings is 1. The summed E-state index contributed by atoms with van der Waals surface area (Å²) in [5.74, 6) is -0.205. The third kappa shape index (κ3) is 9.84. The second kappa shape index (κ2) is 15.8. The molecule has 8 heteroatoms. The molecular formula is C30H37NO6S. The lowest BCUT2D eigenvalue weighted by molar-refractivity contribution is -0.138. The fourth-order valence-electron chi connectivity index (χ4n) is 4.32. The minimum Gasteiger partial charge on any atom is -0.494 e. The number of aliphatic carboxylic acids is 2. The molecule has 0 saturated carbocycles. The van der Waals surface area contributed by atoms with Crippen LogP contribution < -0.4 is 15.2 Å². The van der Waals surface area contributed by atoms with Gasteiger partial charge >= 0.3 is 11.9 Å². The molecule has 0 spiro atoms. The van der Waals surface area contributed by atoms with E-state index in [0.717, 1.165) is 60.1 Å². The number of benzene rings is 2. The molecule has 2 aromatic carbocycles. The molecule has 0 atom stereocenters. The van der Waals surface area contributed by atoms with Crippen LogP contribution in [-0.2, 0) is 29.0 Å². The van der Waals surface area contributed by atoms with E-state index in [1.54, 1.807) is 11.3 Å². The first-order valence-electron chi connectivity index (χ1n) is 13.1. The van der Waals surface area contributed by atoms with Gasteiger partial charge < -0.3 is 25.4 Å². The van der Waals surface area contributed by atoms with Gasteiger partial charge in [0.15, 0.2) is 0 Å². The molecule has 3 rings (SSSR count). The van der Waals surface area contributed by atoms with Crippen molar-refractivity contribution < 1.29 is 29.3 Å². The average Bonchev–Trinajstić information content (AvgIpc) is 3.45. The predicted molar refractivity (Wildman–Crippen MR) is 150 cm³/mol. The molecule has 0 aliphatic heterocycles. The van der Waals surface area contributed by atoms with E-state index in [4.69, 9.17) is 20.3 Å². The molecule has 4 N–H and O–H groups in total. The molecule has 0 fully saturated rings. The lowest BCUT2D eigenvalue weighted by Crippen LogP contribution is -2.07. The van der Waals surface area contributed by atoms with Crippen LogP contribution in [0.15, 0.2) is 53.2 Å². The Morgan fingerprint density at radius 3 is 2.34 bits per heavy atom. The van der Waals surface area contributed by atoms with Crippen LogP contribution in [0.25, 0.3) is 11.1 Å². The van der Waals surface area contributed by atoms with Crippen LogP contribution in [0.3, 0.4) is 0 Å². The Balaban J connectivity index is 1.46. The molecule has 38 heavy (non-hydrogen) atoms. The van der Waals surface area contributed by atoms with E-state index in [2.05, 4.69) is 29.0 Å². The van der Waals surface area contributed by atoms with Crippen molar-refractivity contribution in [3.05, 3.63) is 69.9 Å². The van der Waals surface area contributed by atoms with Gasteiger partial charge in [-0.3, -0.25) is 9.59 Å². The van der Waals surface area contributed by atoms with Crippen molar-refractivity contribution in [2.24, 2.45) is 5.73 Å². The van der Waals surface area contributed by atoms with Crippen LogP contribution in [0.5, 0.6) is 11.5 Å². The maximum atomic E-state index is 11.2. The summed E-state index contributed by atoms with van der Waals surface area (Å²) >= 11 is 1.67. The molecule has 1 heterocycles. The maximum absolute atomic E-state index is 11.2. The minimum atomic E-state index is -0.856. The number of carbonyl (C=O) groups is 2. The van der Waals surface area contributed by atoms with Crippen LogP contribution in [0.1, 0.15) is 61.6 Å². The Kier molecular flexibility index (Phi) is 12.1. The van der Waals surface area contributed by atoms with Gasteiger partial charge in [-0.05, 0) is 101 Å². The summed E-state index contributed by atoms with van der Waals surface area (Å²) in [6, 6.07) is 14.1. The van der Waals surface area contributed by atoms with Gasteiger partial charge in [-0.2, -0.15) is 11.3 Å². The molecule has 0 radical (unpaired) electrons. The highest BCUT2D eigenvalue weighted by Gasteiger charge is 2.12. The topological polar surface area (TPSA) is 119 Å². The zero-order chi connectivity index (χ0) is 27.2. The predicted octanol–water partition coefficient (Wildman–Crippen LogP) is 6.32. The van der Waals surface area contributed by atoms with Gasteiger partial charge in [0, 0.05) is 19.4 Å². The van der Waals surface area contributed by atoms with E-state index in [-0.39, 0.29) is 12.8 Å². The van der Waals surface area contributed by atoms with Gasteiger partial charge in [-0.1, -0.05) is 25.0 Å². The van der Waals surface area contributed by atoms with E-state index < -0.39 is 11.9 Å². The van der Waals surface area contributed by atoms with Gasteiger partial charge in [0.1, 0.15) is 11.5 Å². The average molecular weight is 540 g/mol. The number of carboxylic acids is 2. The van der Waals surface area contributed by atoms with Gasteiger partial charge in [-0.15, -0.1) is 0 Å². The second-order valence-corrected chi connectivity index (χ2v) is 10.0. The molecular weight excluding hydrogens is 502 g/mol. The van der Waals surface area contributed by atoms with Gasteiger partial charge in [0.05, 0.1) is 13.2 Å².